The summed E-state index contributed by atoms with van der Waals surface area (Å²) < 4.78 is 68.9. The molecule has 0 bridgehead atoms. The summed E-state index contributed by atoms with van der Waals surface area (Å²) in [4.78, 5) is 12.4. The Morgan fingerprint density at radius 3 is 1.48 bits per heavy atom. The van der Waals surface area contributed by atoms with Crippen LogP contribution in [0.4, 0.5) is 8.78 Å². The summed E-state index contributed by atoms with van der Waals surface area (Å²) in [6, 6.07) is 14.9. The third kappa shape index (κ3) is 16.4. The van der Waals surface area contributed by atoms with Crippen molar-refractivity contribution in [1.29, 1.82) is 0 Å². The van der Waals surface area contributed by atoms with E-state index in [0.717, 1.165) is 86.2 Å². The fraction of sp³-hybridized carbons (Fsp3) is 0.658. The standard InChI is InChI=1S/C38H58F2I2O5S/c1-3-5-7-9-13-17-21-33-23-27-35(28-24-33)42(36-29-25-34(26-30-36)22-18-14-10-8-6-4-2)47-48(44,45)38(39,40)37(43)46-32-20-16-12-11-15-19-31-41/h23-30H,3-22,31-32H2,1-2H3/q+1. The van der Waals surface area contributed by atoms with Gasteiger partial charge in [0.25, 0.3) is 0 Å². The molecule has 10 heteroatoms. The smallest absolute Gasteiger partial charge is 0.460 e. The van der Waals surface area contributed by atoms with Crippen molar-refractivity contribution in [2.45, 2.75) is 148 Å². The zero-order valence-electron chi connectivity index (χ0n) is 29.1. The molecule has 273 valence electrons. The molecule has 1 radical (unpaired) electrons. The molecule has 0 amide bonds. The summed E-state index contributed by atoms with van der Waals surface area (Å²) in [5.41, 5.74) is 2.22. The molecule has 5 nitrogen and oxygen atoms in total. The number of hydrogen-bond acceptors (Lipinski definition) is 5. The highest BCUT2D eigenvalue weighted by atomic mass is 127. The second-order valence-corrected chi connectivity index (χ2v) is 20.1. The summed E-state index contributed by atoms with van der Waals surface area (Å²) in [6.07, 6.45) is 21.3. The van der Waals surface area contributed by atoms with Gasteiger partial charge in [0, 0.05) is 0 Å². The highest BCUT2D eigenvalue weighted by Crippen LogP contribution is 2.24. The van der Waals surface area contributed by atoms with Gasteiger partial charge in [0.05, 0.1) is 6.61 Å². The fourth-order valence-electron chi connectivity index (χ4n) is 5.33. The third-order valence-corrected chi connectivity index (χ3v) is 16.4. The lowest BCUT2D eigenvalue weighted by Crippen LogP contribution is -3.85. The van der Waals surface area contributed by atoms with Gasteiger partial charge in [-0.05, 0) is 80.9 Å². The van der Waals surface area contributed by atoms with Crippen LogP contribution in [0.1, 0.15) is 141 Å². The minimum atomic E-state index is -5.62. The molecule has 0 saturated carbocycles. The van der Waals surface area contributed by atoms with Crippen LogP contribution in [-0.4, -0.2) is 30.7 Å². The first kappa shape index (κ1) is 43.3. The average Bonchev–Trinajstić information content (AvgIpc) is 3.08. The lowest BCUT2D eigenvalue weighted by atomic mass is 10.1. The molecule has 2 rings (SSSR count). The number of aryl methyl sites for hydroxylation is 2. The van der Waals surface area contributed by atoms with Gasteiger partial charge in [0.15, 0.2) is 7.14 Å². The van der Waals surface area contributed by atoms with E-state index in [-0.39, 0.29) is 6.61 Å². The summed E-state index contributed by atoms with van der Waals surface area (Å²) in [7, 11) is -5.62. The van der Waals surface area contributed by atoms with Gasteiger partial charge in [-0.1, -0.05) is 151 Å². The molecule has 0 heterocycles. The van der Waals surface area contributed by atoms with Crippen LogP contribution in [0.15, 0.2) is 48.5 Å². The SMILES string of the molecule is CCCCCCCCc1ccc([I+](OS(=O)(=O)C(F)(F)C(=O)OCCCCCCCCI)c2ccc(CCCCCCCC)cc2)cc1. The minimum absolute atomic E-state index is 0.251. The number of benzene rings is 2. The van der Waals surface area contributed by atoms with Crippen molar-refractivity contribution < 1.29 is 49.5 Å². The highest BCUT2D eigenvalue weighted by molar-refractivity contribution is 14.1. The van der Waals surface area contributed by atoms with Crippen LogP contribution in [0.25, 0.3) is 0 Å². The van der Waals surface area contributed by atoms with Crippen molar-refractivity contribution in [1.82, 2.24) is 0 Å². The molecule has 0 spiro atoms. The van der Waals surface area contributed by atoms with E-state index in [0.29, 0.717) is 13.6 Å². The second-order valence-electron chi connectivity index (χ2n) is 12.5. The Bertz CT molecular complexity index is 1180. The van der Waals surface area contributed by atoms with E-state index in [1.807, 2.05) is 24.3 Å². The van der Waals surface area contributed by atoms with Gasteiger partial charge in [-0.15, -0.1) is 0 Å². The Balaban J connectivity index is 2.13. The third-order valence-electron chi connectivity index (χ3n) is 8.32. The summed E-state index contributed by atoms with van der Waals surface area (Å²) in [5, 5.41) is -4.81. The monoisotopic (exact) mass is 918 g/mol. The van der Waals surface area contributed by atoms with Gasteiger partial charge in [0.2, 0.25) is 0 Å². The van der Waals surface area contributed by atoms with E-state index in [9.17, 15) is 13.2 Å². The van der Waals surface area contributed by atoms with Crippen molar-refractivity contribution >= 4 is 38.7 Å². The summed E-state index contributed by atoms with van der Waals surface area (Å²) in [6.45, 7) is 4.14. The zero-order chi connectivity index (χ0) is 35.1. The normalized spacial score (nSPS) is 12.1. The lowest BCUT2D eigenvalue weighted by molar-refractivity contribution is -1.03. The first-order chi connectivity index (χ1) is 23.2. The van der Waals surface area contributed by atoms with E-state index in [4.69, 9.17) is 7.25 Å². The Labute approximate surface area is 311 Å². The Hall–Kier alpha value is -0.860. The molecule has 0 aliphatic carbocycles. The number of carbonyl (C=O) groups excluding carboxylic acids is 1. The molecular formula is C38H58F2I2O5S+. The maximum atomic E-state index is 15.2. The van der Waals surface area contributed by atoms with E-state index in [1.165, 1.54) is 51.4 Å². The molecule has 0 saturated heterocycles. The first-order valence-corrected chi connectivity index (χ1v) is 24.1. The van der Waals surface area contributed by atoms with E-state index in [2.05, 4.69) is 36.4 Å². The molecule has 2 aromatic rings. The maximum absolute atomic E-state index is 15.2. The number of unbranched alkanes of at least 4 members (excludes halogenated alkanes) is 15. The van der Waals surface area contributed by atoms with Gasteiger partial charge >= 0.3 is 41.6 Å². The molecular weight excluding hydrogens is 860 g/mol. The van der Waals surface area contributed by atoms with E-state index in [1.54, 1.807) is 24.3 Å². The second kappa shape index (κ2) is 25.2. The Morgan fingerprint density at radius 2 is 1.04 bits per heavy atom. The molecule has 0 fully saturated rings. The van der Waals surface area contributed by atoms with Crippen LogP contribution >= 0.6 is 22.6 Å². The van der Waals surface area contributed by atoms with Crippen LogP contribution in [0.2, 0.25) is 0 Å². The number of rotatable bonds is 28. The van der Waals surface area contributed by atoms with Crippen LogP contribution in [0.5, 0.6) is 0 Å². The molecule has 48 heavy (non-hydrogen) atoms. The van der Waals surface area contributed by atoms with Crippen molar-refractivity contribution in [2.24, 2.45) is 0 Å². The van der Waals surface area contributed by atoms with Crippen molar-refractivity contribution in [3.8, 4) is 0 Å². The van der Waals surface area contributed by atoms with Crippen LogP contribution in [-0.2, 0) is 35.0 Å². The fourth-order valence-corrected chi connectivity index (χ4v) is 12.6. The van der Waals surface area contributed by atoms with Crippen LogP contribution in [0.3, 0.4) is 0 Å². The average molecular weight is 919 g/mol. The highest BCUT2D eigenvalue weighted by Gasteiger charge is 2.60. The van der Waals surface area contributed by atoms with Gasteiger partial charge in [-0.25, -0.2) is 4.79 Å². The molecule has 0 unspecified atom stereocenters. The number of halogens is 4. The Kier molecular flexibility index (Phi) is 22.7. The topological polar surface area (TPSA) is 69.7 Å². The molecule has 0 aromatic heterocycles. The van der Waals surface area contributed by atoms with Crippen molar-refractivity contribution in [3.05, 3.63) is 66.8 Å². The summed E-state index contributed by atoms with van der Waals surface area (Å²) >= 11 is -1.08. The predicted molar refractivity (Wildman–Crippen MR) is 197 cm³/mol. The maximum Gasteiger partial charge on any atom is 0.469 e. The molecule has 0 aliphatic heterocycles. The van der Waals surface area contributed by atoms with Gasteiger partial charge in [-0.2, -0.15) is 17.2 Å². The number of ether oxygens (including phenoxy) is 1. The van der Waals surface area contributed by atoms with Gasteiger partial charge in [-0.3, -0.25) is 0 Å². The van der Waals surface area contributed by atoms with E-state index >= 15 is 8.78 Å². The van der Waals surface area contributed by atoms with Crippen molar-refractivity contribution in [3.63, 3.8) is 0 Å². The Morgan fingerprint density at radius 1 is 0.646 bits per heavy atom. The predicted octanol–water partition coefficient (Wildman–Crippen LogP) is 8.33. The molecule has 2 aromatic carbocycles. The van der Waals surface area contributed by atoms with E-state index < -0.39 is 41.6 Å². The number of hydrogen-bond donors (Lipinski definition) is 0. The van der Waals surface area contributed by atoms with Crippen LogP contribution in [0, 0.1) is 7.14 Å². The summed E-state index contributed by atoms with van der Waals surface area (Å²) in [5.74, 6) is -2.08. The number of carbonyl (C=O) groups is 1. The lowest BCUT2D eigenvalue weighted by Gasteiger charge is -2.15. The molecule has 0 atom stereocenters. The largest absolute Gasteiger partial charge is 0.469 e. The quantitative estimate of drug-likeness (QED) is 0.0372. The first-order valence-electron chi connectivity index (χ1n) is 18.1. The van der Waals surface area contributed by atoms with Crippen LogP contribution < -0.4 is 20.2 Å². The molecule has 0 N–H and O–H groups in total. The van der Waals surface area contributed by atoms with Gasteiger partial charge in [0.1, 0.15) is 0 Å². The van der Waals surface area contributed by atoms with Crippen molar-refractivity contribution in [2.75, 3.05) is 11.0 Å². The molecule has 0 aliphatic rings. The minimum Gasteiger partial charge on any atom is -0.460 e. The number of alkyl halides is 3. The van der Waals surface area contributed by atoms with Gasteiger partial charge < -0.3 is 4.74 Å². The zero-order valence-corrected chi connectivity index (χ0v) is 34.3. The number of esters is 1.